The summed E-state index contributed by atoms with van der Waals surface area (Å²) in [7, 11) is 0. The number of amides is 1. The van der Waals surface area contributed by atoms with Gasteiger partial charge in [-0.3, -0.25) is 4.79 Å². The molecule has 2 rings (SSSR count). The molecule has 0 saturated heterocycles. The van der Waals surface area contributed by atoms with E-state index in [-0.39, 0.29) is 5.91 Å². The molecule has 1 aromatic rings. The molecule has 0 radical (unpaired) electrons. The molecule has 2 unspecified atom stereocenters. The van der Waals surface area contributed by atoms with Crippen LogP contribution < -0.4 is 5.32 Å². The Morgan fingerprint density at radius 3 is 2.84 bits per heavy atom. The number of benzene rings is 1. The van der Waals surface area contributed by atoms with Gasteiger partial charge < -0.3 is 10.4 Å². The van der Waals surface area contributed by atoms with Gasteiger partial charge in [0.2, 0.25) is 5.91 Å². The number of anilines is 1. The minimum absolute atomic E-state index is 0.246. The molecule has 0 aromatic heterocycles. The molecule has 104 valence electrons. The molecule has 1 aliphatic rings. The first kappa shape index (κ1) is 14.3. The van der Waals surface area contributed by atoms with Crippen LogP contribution in [0.2, 0.25) is 0 Å². The van der Waals surface area contributed by atoms with E-state index in [2.05, 4.69) is 5.32 Å². The second-order valence-electron chi connectivity index (χ2n) is 4.50. The standard InChI is InChI=1S/C13H15F2NO2S/c14-13(15)19-9-4-1-3-8(7-9)16-12(18)10-5-2-6-11(10)17/h1,3-4,7,10-11,13,17H,2,5-6H2,(H,16,18). The van der Waals surface area contributed by atoms with Crippen LogP contribution in [0.5, 0.6) is 0 Å². The molecule has 19 heavy (non-hydrogen) atoms. The van der Waals surface area contributed by atoms with Gasteiger partial charge in [0.05, 0.1) is 12.0 Å². The number of aliphatic hydroxyl groups is 1. The van der Waals surface area contributed by atoms with Gasteiger partial charge in [0, 0.05) is 10.6 Å². The van der Waals surface area contributed by atoms with Crippen molar-refractivity contribution in [3.8, 4) is 0 Å². The molecular formula is C13H15F2NO2S. The molecule has 0 spiro atoms. The molecule has 1 saturated carbocycles. The number of hydrogen-bond acceptors (Lipinski definition) is 3. The number of nitrogens with one attached hydrogen (secondary N) is 1. The first-order chi connectivity index (χ1) is 9.06. The van der Waals surface area contributed by atoms with Crippen molar-refractivity contribution in [2.45, 2.75) is 36.0 Å². The maximum absolute atomic E-state index is 12.3. The number of carbonyl (C=O) groups is 1. The Labute approximate surface area is 114 Å². The summed E-state index contributed by atoms with van der Waals surface area (Å²) in [5.41, 5.74) is 0.481. The normalized spacial score (nSPS) is 22.7. The molecule has 1 amide bonds. The maximum atomic E-state index is 12.3. The Balaban J connectivity index is 2.00. The second kappa shape index (κ2) is 6.34. The van der Waals surface area contributed by atoms with Crippen LogP contribution in [-0.4, -0.2) is 22.9 Å². The third-order valence-electron chi connectivity index (χ3n) is 3.14. The van der Waals surface area contributed by atoms with Crippen LogP contribution in [0.4, 0.5) is 14.5 Å². The third-order valence-corrected chi connectivity index (χ3v) is 3.85. The van der Waals surface area contributed by atoms with Gasteiger partial charge in [0.15, 0.2) is 0 Å². The van der Waals surface area contributed by atoms with Gasteiger partial charge in [0.1, 0.15) is 0 Å². The number of hydrogen-bond donors (Lipinski definition) is 2. The molecule has 6 heteroatoms. The van der Waals surface area contributed by atoms with Crippen LogP contribution in [-0.2, 0) is 4.79 Å². The fourth-order valence-electron chi connectivity index (χ4n) is 2.23. The first-order valence-electron chi connectivity index (χ1n) is 6.10. The third kappa shape index (κ3) is 3.91. The van der Waals surface area contributed by atoms with Crippen molar-refractivity contribution in [1.82, 2.24) is 0 Å². The molecule has 0 bridgehead atoms. The second-order valence-corrected chi connectivity index (χ2v) is 5.56. The number of thioether (sulfide) groups is 1. The lowest BCUT2D eigenvalue weighted by Crippen LogP contribution is -2.28. The molecule has 1 aromatic carbocycles. The van der Waals surface area contributed by atoms with Gasteiger partial charge in [-0.1, -0.05) is 17.8 Å². The van der Waals surface area contributed by atoms with Crippen LogP contribution in [0.1, 0.15) is 19.3 Å². The highest BCUT2D eigenvalue weighted by Crippen LogP contribution is 2.29. The molecule has 1 aliphatic carbocycles. The van der Waals surface area contributed by atoms with Crippen molar-refractivity contribution in [3.05, 3.63) is 24.3 Å². The predicted octanol–water partition coefficient (Wildman–Crippen LogP) is 3.10. The number of rotatable bonds is 4. The molecule has 1 fully saturated rings. The molecule has 2 atom stereocenters. The van der Waals surface area contributed by atoms with E-state index in [4.69, 9.17) is 0 Å². The minimum atomic E-state index is -2.48. The molecule has 2 N–H and O–H groups in total. The van der Waals surface area contributed by atoms with Gasteiger partial charge >= 0.3 is 0 Å². The number of carbonyl (C=O) groups excluding carboxylic acids is 1. The first-order valence-corrected chi connectivity index (χ1v) is 6.98. The zero-order valence-electron chi connectivity index (χ0n) is 10.2. The van der Waals surface area contributed by atoms with Crippen molar-refractivity contribution in [1.29, 1.82) is 0 Å². The average molecular weight is 287 g/mol. The lowest BCUT2D eigenvalue weighted by molar-refractivity contribution is -0.122. The zero-order chi connectivity index (χ0) is 13.8. The van der Waals surface area contributed by atoms with Gasteiger partial charge in [-0.15, -0.1) is 0 Å². The van der Waals surface area contributed by atoms with E-state index in [9.17, 15) is 18.7 Å². The summed E-state index contributed by atoms with van der Waals surface area (Å²) in [5.74, 6) is -3.13. The summed E-state index contributed by atoms with van der Waals surface area (Å²) in [6.45, 7) is 0. The van der Waals surface area contributed by atoms with E-state index in [0.29, 0.717) is 35.2 Å². The van der Waals surface area contributed by atoms with Gasteiger partial charge in [-0.25, -0.2) is 0 Å². The predicted molar refractivity (Wildman–Crippen MR) is 70.3 cm³/mol. The smallest absolute Gasteiger partial charge is 0.288 e. The highest BCUT2D eigenvalue weighted by molar-refractivity contribution is 7.99. The molecule has 3 nitrogen and oxygen atoms in total. The highest BCUT2D eigenvalue weighted by Gasteiger charge is 2.31. The summed E-state index contributed by atoms with van der Waals surface area (Å²) in [4.78, 5) is 12.3. The fourth-order valence-corrected chi connectivity index (χ4v) is 2.79. The molecular weight excluding hydrogens is 272 g/mol. The van der Waals surface area contributed by atoms with Crippen LogP contribution in [0, 0.1) is 5.92 Å². The van der Waals surface area contributed by atoms with Crippen molar-refractivity contribution in [2.24, 2.45) is 5.92 Å². The van der Waals surface area contributed by atoms with E-state index in [1.807, 2.05) is 0 Å². The average Bonchev–Trinajstić information content (AvgIpc) is 2.75. The summed E-state index contributed by atoms with van der Waals surface area (Å²) >= 11 is 0.438. The monoisotopic (exact) mass is 287 g/mol. The lowest BCUT2D eigenvalue weighted by atomic mass is 10.1. The van der Waals surface area contributed by atoms with Crippen molar-refractivity contribution in [2.75, 3.05) is 5.32 Å². The SMILES string of the molecule is O=C(Nc1cccc(SC(F)F)c1)C1CCCC1O. The van der Waals surface area contributed by atoms with Crippen LogP contribution >= 0.6 is 11.8 Å². The van der Waals surface area contributed by atoms with Crippen molar-refractivity contribution >= 4 is 23.4 Å². The Morgan fingerprint density at radius 1 is 1.42 bits per heavy atom. The Kier molecular flexibility index (Phi) is 4.76. The van der Waals surface area contributed by atoms with Gasteiger partial charge in [-0.2, -0.15) is 8.78 Å². The maximum Gasteiger partial charge on any atom is 0.288 e. The summed E-state index contributed by atoms with van der Waals surface area (Å²) in [6, 6.07) is 6.34. The Morgan fingerprint density at radius 2 is 2.21 bits per heavy atom. The highest BCUT2D eigenvalue weighted by atomic mass is 32.2. The van der Waals surface area contributed by atoms with E-state index < -0.39 is 17.8 Å². The Bertz CT molecular complexity index is 456. The van der Waals surface area contributed by atoms with Crippen LogP contribution in [0.25, 0.3) is 0 Å². The van der Waals surface area contributed by atoms with Gasteiger partial charge in [0.25, 0.3) is 5.76 Å². The van der Waals surface area contributed by atoms with E-state index in [0.717, 1.165) is 6.42 Å². The molecule has 0 heterocycles. The van der Waals surface area contributed by atoms with Crippen molar-refractivity contribution in [3.63, 3.8) is 0 Å². The van der Waals surface area contributed by atoms with E-state index >= 15 is 0 Å². The lowest BCUT2D eigenvalue weighted by Gasteiger charge is -2.14. The van der Waals surface area contributed by atoms with Crippen LogP contribution in [0.3, 0.4) is 0 Å². The van der Waals surface area contributed by atoms with E-state index in [1.165, 1.54) is 6.07 Å². The number of alkyl halides is 2. The van der Waals surface area contributed by atoms with Crippen molar-refractivity contribution < 1.29 is 18.7 Å². The topological polar surface area (TPSA) is 49.3 Å². The fraction of sp³-hybridized carbons (Fsp3) is 0.462. The number of aliphatic hydroxyl groups excluding tert-OH is 1. The Hall–Kier alpha value is -1.14. The van der Waals surface area contributed by atoms with E-state index in [1.54, 1.807) is 18.2 Å². The summed E-state index contributed by atoms with van der Waals surface area (Å²) < 4.78 is 24.5. The quantitative estimate of drug-likeness (QED) is 0.837. The summed E-state index contributed by atoms with van der Waals surface area (Å²) in [6.07, 6.45) is 1.54. The zero-order valence-corrected chi connectivity index (χ0v) is 11.0. The molecule has 0 aliphatic heterocycles. The van der Waals surface area contributed by atoms with Crippen LogP contribution in [0.15, 0.2) is 29.2 Å². The number of halogens is 2. The summed E-state index contributed by atoms with van der Waals surface area (Å²) in [5, 5.41) is 12.3. The largest absolute Gasteiger partial charge is 0.392 e. The van der Waals surface area contributed by atoms with Gasteiger partial charge in [-0.05, 0) is 37.5 Å². The minimum Gasteiger partial charge on any atom is -0.392 e.